The Balaban J connectivity index is 2.15. The number of aromatic hydroxyl groups is 3. The molecule has 0 saturated carbocycles. The van der Waals surface area contributed by atoms with Crippen LogP contribution >= 0.6 is 0 Å². The van der Waals surface area contributed by atoms with E-state index in [4.69, 9.17) is 0 Å². The minimum absolute atomic E-state index is 0.128. The molecular weight excluding hydrogens is 284 g/mol. The van der Waals surface area contributed by atoms with Gasteiger partial charge in [0.1, 0.15) is 11.5 Å². The third-order valence-electron chi connectivity index (χ3n) is 2.90. The zero-order valence-corrected chi connectivity index (χ0v) is 11.5. The fourth-order valence-corrected chi connectivity index (χ4v) is 1.77. The van der Waals surface area contributed by atoms with E-state index < -0.39 is 5.78 Å². The molecule has 0 aromatic heterocycles. The van der Waals surface area contributed by atoms with Gasteiger partial charge in [-0.25, -0.2) is 0 Å². The number of para-hydroxylation sites is 1. The average Bonchev–Trinajstić information content (AvgIpc) is 2.49. The monoisotopic (exact) mass is 298 g/mol. The van der Waals surface area contributed by atoms with Gasteiger partial charge in [0.25, 0.3) is 0 Å². The van der Waals surface area contributed by atoms with Crippen LogP contribution in [0.15, 0.2) is 54.6 Å². The number of aliphatic hydroxyl groups is 1. The second kappa shape index (κ2) is 6.49. The standard InChI is InChI=1S/C17H14O5/c18-12(7-5-11-6-8-15(20)17(22)9-11)10-16(21)13-3-1-2-4-14(13)19/h1-10,19-22H/b7-5+,16-10-. The van der Waals surface area contributed by atoms with E-state index in [1.807, 2.05) is 0 Å². The topological polar surface area (TPSA) is 98.0 Å². The molecule has 5 nitrogen and oxygen atoms in total. The van der Waals surface area contributed by atoms with Gasteiger partial charge in [-0.1, -0.05) is 24.3 Å². The summed E-state index contributed by atoms with van der Waals surface area (Å²) in [6.45, 7) is 0. The number of rotatable bonds is 4. The van der Waals surface area contributed by atoms with Gasteiger partial charge in [0.2, 0.25) is 0 Å². The zero-order chi connectivity index (χ0) is 16.1. The highest BCUT2D eigenvalue weighted by atomic mass is 16.3. The molecule has 5 heteroatoms. The quantitative estimate of drug-likeness (QED) is 0.395. The number of carbonyl (C=O) groups is 1. The number of phenolic OH excluding ortho intramolecular Hbond substituents is 3. The summed E-state index contributed by atoms with van der Waals surface area (Å²) in [7, 11) is 0. The molecule has 2 rings (SSSR count). The predicted molar refractivity (Wildman–Crippen MR) is 82.5 cm³/mol. The Labute approximate surface area is 126 Å². The van der Waals surface area contributed by atoms with Crippen LogP contribution in [0.2, 0.25) is 0 Å². The van der Waals surface area contributed by atoms with Crippen LogP contribution in [0.4, 0.5) is 0 Å². The Hall–Kier alpha value is -3.21. The Morgan fingerprint density at radius 2 is 1.64 bits per heavy atom. The summed E-state index contributed by atoms with van der Waals surface area (Å²) in [5.74, 6) is -1.51. The van der Waals surface area contributed by atoms with Crippen molar-refractivity contribution < 1.29 is 25.2 Å². The molecule has 0 spiro atoms. The summed E-state index contributed by atoms with van der Waals surface area (Å²) < 4.78 is 0. The third-order valence-corrected chi connectivity index (χ3v) is 2.90. The summed E-state index contributed by atoms with van der Waals surface area (Å²) in [6.07, 6.45) is 3.60. The molecule has 0 unspecified atom stereocenters. The smallest absolute Gasteiger partial charge is 0.182 e. The summed E-state index contributed by atoms with van der Waals surface area (Å²) in [5, 5.41) is 37.9. The second-order valence-electron chi connectivity index (χ2n) is 4.53. The Morgan fingerprint density at radius 3 is 2.32 bits per heavy atom. The molecule has 112 valence electrons. The molecule has 0 fully saturated rings. The normalized spacial score (nSPS) is 11.7. The second-order valence-corrected chi connectivity index (χ2v) is 4.53. The first-order chi connectivity index (χ1) is 10.5. The Morgan fingerprint density at radius 1 is 0.909 bits per heavy atom. The first-order valence-corrected chi connectivity index (χ1v) is 6.40. The average molecular weight is 298 g/mol. The van der Waals surface area contributed by atoms with Gasteiger partial charge >= 0.3 is 0 Å². The van der Waals surface area contributed by atoms with E-state index in [1.165, 1.54) is 42.5 Å². The molecule has 0 aliphatic heterocycles. The molecule has 2 aromatic carbocycles. The van der Waals surface area contributed by atoms with Gasteiger partial charge in [0.05, 0.1) is 5.56 Å². The largest absolute Gasteiger partial charge is 0.507 e. The van der Waals surface area contributed by atoms with Crippen molar-refractivity contribution in [2.45, 2.75) is 0 Å². The summed E-state index contributed by atoms with van der Waals surface area (Å²) >= 11 is 0. The maximum atomic E-state index is 11.7. The van der Waals surface area contributed by atoms with E-state index >= 15 is 0 Å². The van der Waals surface area contributed by atoms with Crippen LogP contribution in [-0.4, -0.2) is 26.2 Å². The summed E-state index contributed by atoms with van der Waals surface area (Å²) in [5.41, 5.74) is 0.672. The number of allylic oxidation sites excluding steroid dienone is 2. The molecular formula is C17H14O5. The van der Waals surface area contributed by atoms with Crippen molar-refractivity contribution in [1.82, 2.24) is 0 Å². The first kappa shape index (κ1) is 15.2. The number of phenols is 3. The van der Waals surface area contributed by atoms with Gasteiger partial charge < -0.3 is 20.4 Å². The van der Waals surface area contributed by atoms with Crippen LogP contribution in [0.5, 0.6) is 17.2 Å². The van der Waals surface area contributed by atoms with Crippen molar-refractivity contribution in [1.29, 1.82) is 0 Å². The highest BCUT2D eigenvalue weighted by Crippen LogP contribution is 2.25. The highest BCUT2D eigenvalue weighted by molar-refractivity contribution is 6.05. The molecule has 0 saturated heterocycles. The molecule has 0 aliphatic rings. The minimum atomic E-state index is -0.492. The molecule has 4 N–H and O–H groups in total. The van der Waals surface area contributed by atoms with E-state index in [2.05, 4.69) is 0 Å². The number of aliphatic hydroxyl groups excluding tert-OH is 1. The minimum Gasteiger partial charge on any atom is -0.507 e. The van der Waals surface area contributed by atoms with Gasteiger partial charge in [-0.05, 0) is 35.9 Å². The number of ketones is 1. The van der Waals surface area contributed by atoms with Gasteiger partial charge in [-0.3, -0.25) is 4.79 Å². The van der Waals surface area contributed by atoms with Crippen molar-refractivity contribution in [3.05, 3.63) is 65.7 Å². The fourth-order valence-electron chi connectivity index (χ4n) is 1.77. The van der Waals surface area contributed by atoms with Gasteiger partial charge in [-0.2, -0.15) is 0 Å². The lowest BCUT2D eigenvalue weighted by Crippen LogP contribution is -1.91. The number of benzene rings is 2. The van der Waals surface area contributed by atoms with Crippen molar-refractivity contribution in [2.24, 2.45) is 0 Å². The van der Waals surface area contributed by atoms with E-state index in [-0.39, 0.29) is 28.6 Å². The van der Waals surface area contributed by atoms with E-state index in [9.17, 15) is 25.2 Å². The predicted octanol–water partition coefficient (Wildman–Crippen LogP) is 2.98. The maximum absolute atomic E-state index is 11.7. The molecule has 0 atom stereocenters. The van der Waals surface area contributed by atoms with Crippen molar-refractivity contribution in [3.8, 4) is 17.2 Å². The molecule has 0 aliphatic carbocycles. The lowest BCUT2D eigenvalue weighted by atomic mass is 10.1. The van der Waals surface area contributed by atoms with Gasteiger partial charge in [-0.15, -0.1) is 0 Å². The van der Waals surface area contributed by atoms with Crippen molar-refractivity contribution in [3.63, 3.8) is 0 Å². The van der Waals surface area contributed by atoms with E-state index in [0.717, 1.165) is 6.08 Å². The van der Waals surface area contributed by atoms with E-state index in [0.29, 0.717) is 5.56 Å². The Kier molecular flexibility index (Phi) is 4.48. The van der Waals surface area contributed by atoms with Crippen molar-refractivity contribution >= 4 is 17.6 Å². The fraction of sp³-hybridized carbons (Fsp3) is 0. The van der Waals surface area contributed by atoms with Crippen LogP contribution in [0, 0.1) is 0 Å². The van der Waals surface area contributed by atoms with Gasteiger partial charge in [0.15, 0.2) is 17.3 Å². The van der Waals surface area contributed by atoms with Crippen LogP contribution in [0.25, 0.3) is 11.8 Å². The molecule has 22 heavy (non-hydrogen) atoms. The number of hydrogen-bond acceptors (Lipinski definition) is 5. The van der Waals surface area contributed by atoms with Crippen LogP contribution in [-0.2, 0) is 4.79 Å². The number of hydrogen-bond donors (Lipinski definition) is 4. The maximum Gasteiger partial charge on any atom is 0.182 e. The molecule has 2 aromatic rings. The molecule has 0 bridgehead atoms. The molecule has 0 heterocycles. The van der Waals surface area contributed by atoms with Crippen molar-refractivity contribution in [2.75, 3.05) is 0 Å². The third kappa shape index (κ3) is 3.67. The number of carbonyl (C=O) groups excluding carboxylic acids is 1. The zero-order valence-electron chi connectivity index (χ0n) is 11.5. The first-order valence-electron chi connectivity index (χ1n) is 6.40. The lowest BCUT2D eigenvalue weighted by molar-refractivity contribution is -0.110. The lowest BCUT2D eigenvalue weighted by Gasteiger charge is -2.02. The highest BCUT2D eigenvalue weighted by Gasteiger charge is 2.06. The van der Waals surface area contributed by atoms with Gasteiger partial charge in [0, 0.05) is 6.08 Å². The summed E-state index contributed by atoms with van der Waals surface area (Å²) in [4.78, 5) is 11.7. The Bertz CT molecular complexity index is 759. The van der Waals surface area contributed by atoms with Crippen LogP contribution < -0.4 is 0 Å². The summed E-state index contributed by atoms with van der Waals surface area (Å²) in [6, 6.07) is 10.2. The SMILES string of the molecule is O=C(/C=C(\O)c1ccccc1O)/C=C/c1ccc(O)c(O)c1. The van der Waals surface area contributed by atoms with E-state index in [1.54, 1.807) is 12.1 Å². The molecule has 0 radical (unpaired) electrons. The van der Waals surface area contributed by atoms with Crippen LogP contribution in [0.1, 0.15) is 11.1 Å². The molecule has 0 amide bonds. The van der Waals surface area contributed by atoms with Crippen LogP contribution in [0.3, 0.4) is 0 Å².